The predicted molar refractivity (Wildman–Crippen MR) is 178 cm³/mol. The number of rotatable bonds is 34. The van der Waals surface area contributed by atoms with Gasteiger partial charge in [-0.3, -0.25) is 9.59 Å². The summed E-state index contributed by atoms with van der Waals surface area (Å²) in [6, 6.07) is 0. The maximum atomic E-state index is 12.1. The average molecular weight is 597 g/mol. The molecule has 0 aromatic rings. The zero-order valence-electron chi connectivity index (χ0n) is 28.3. The number of hydrogen-bond acceptors (Lipinski definition) is 5. The van der Waals surface area contributed by atoms with Crippen LogP contribution in [0.2, 0.25) is 0 Å². The van der Waals surface area contributed by atoms with Crippen LogP contribution in [-0.4, -0.2) is 36.4 Å². The van der Waals surface area contributed by atoms with E-state index in [0.29, 0.717) is 12.8 Å². The maximum absolute atomic E-state index is 12.1. The first-order chi connectivity index (χ1) is 20.6. The second-order valence-corrected chi connectivity index (χ2v) is 12.7. The normalized spacial score (nSPS) is 12.0. The van der Waals surface area contributed by atoms with Crippen LogP contribution in [0.15, 0.2) is 0 Å². The van der Waals surface area contributed by atoms with Gasteiger partial charge in [-0.15, -0.1) is 0 Å². The summed E-state index contributed by atoms with van der Waals surface area (Å²) in [4.78, 5) is 24.2. The fraction of sp³-hybridized carbons (Fsp3) is 0.946. The SMILES string of the molecule is CCCCCCCCCCCCCCCCCCC(=O)OC(CO)COC(=O)CCCCCCCCCCCCCC. The summed E-state index contributed by atoms with van der Waals surface area (Å²) in [6.45, 7) is 4.15. The Kier molecular flexibility index (Phi) is 33.5. The van der Waals surface area contributed by atoms with Crippen molar-refractivity contribution in [3.8, 4) is 0 Å². The van der Waals surface area contributed by atoms with Gasteiger partial charge in [-0.25, -0.2) is 0 Å². The molecule has 0 rings (SSSR count). The Labute approximate surface area is 261 Å². The van der Waals surface area contributed by atoms with Crippen molar-refractivity contribution in [1.29, 1.82) is 0 Å². The highest BCUT2D eigenvalue weighted by molar-refractivity contribution is 5.70. The monoisotopic (exact) mass is 597 g/mol. The van der Waals surface area contributed by atoms with Crippen molar-refractivity contribution in [3.05, 3.63) is 0 Å². The molecule has 250 valence electrons. The van der Waals surface area contributed by atoms with Gasteiger partial charge in [0.05, 0.1) is 6.61 Å². The third kappa shape index (κ3) is 31.8. The molecule has 0 aliphatic rings. The Hall–Kier alpha value is -1.10. The lowest BCUT2D eigenvalue weighted by Gasteiger charge is -2.15. The van der Waals surface area contributed by atoms with Crippen LogP contribution in [0.3, 0.4) is 0 Å². The molecule has 1 unspecified atom stereocenters. The molecule has 1 N–H and O–H groups in total. The molecule has 0 amide bonds. The summed E-state index contributed by atoms with van der Waals surface area (Å²) in [5, 5.41) is 9.52. The third-order valence-electron chi connectivity index (χ3n) is 8.40. The van der Waals surface area contributed by atoms with Crippen LogP contribution < -0.4 is 0 Å². The van der Waals surface area contributed by atoms with Crippen LogP contribution >= 0.6 is 0 Å². The van der Waals surface area contributed by atoms with Gasteiger partial charge in [0.1, 0.15) is 6.61 Å². The molecule has 5 nitrogen and oxygen atoms in total. The lowest BCUT2D eigenvalue weighted by atomic mass is 10.0. The lowest BCUT2D eigenvalue weighted by molar-refractivity contribution is -0.161. The molecule has 0 radical (unpaired) electrons. The highest BCUT2D eigenvalue weighted by Gasteiger charge is 2.16. The van der Waals surface area contributed by atoms with Gasteiger partial charge in [-0.05, 0) is 12.8 Å². The molecule has 0 aromatic heterocycles. The third-order valence-corrected chi connectivity index (χ3v) is 8.40. The van der Waals surface area contributed by atoms with Crippen LogP contribution in [0.1, 0.15) is 206 Å². The fourth-order valence-corrected chi connectivity index (χ4v) is 5.55. The van der Waals surface area contributed by atoms with Crippen molar-refractivity contribution in [2.24, 2.45) is 0 Å². The summed E-state index contributed by atoms with van der Waals surface area (Å²) >= 11 is 0. The number of hydrogen-bond donors (Lipinski definition) is 1. The number of aliphatic hydroxyl groups is 1. The number of carbonyl (C=O) groups is 2. The Balaban J connectivity index is 3.50. The van der Waals surface area contributed by atoms with Crippen molar-refractivity contribution in [1.82, 2.24) is 0 Å². The van der Waals surface area contributed by atoms with E-state index in [-0.39, 0.29) is 25.2 Å². The number of esters is 2. The first-order valence-corrected chi connectivity index (χ1v) is 18.6. The molecular weight excluding hydrogens is 524 g/mol. The molecule has 0 aliphatic carbocycles. The van der Waals surface area contributed by atoms with E-state index in [0.717, 1.165) is 32.1 Å². The van der Waals surface area contributed by atoms with E-state index in [1.165, 1.54) is 148 Å². The number of carbonyl (C=O) groups excluding carboxylic acids is 2. The molecule has 0 aromatic carbocycles. The molecule has 0 spiro atoms. The Morgan fingerprint density at radius 3 is 1.05 bits per heavy atom. The number of aliphatic hydroxyl groups excluding tert-OH is 1. The standard InChI is InChI=1S/C37H72O5/c1-3-5-7-9-11-13-15-17-18-19-20-22-24-26-28-30-32-37(40)42-35(33-38)34-41-36(39)31-29-27-25-23-21-16-14-12-10-8-6-4-2/h35,38H,3-34H2,1-2H3. The van der Waals surface area contributed by atoms with Gasteiger partial charge in [-0.2, -0.15) is 0 Å². The topological polar surface area (TPSA) is 72.8 Å². The molecule has 0 saturated heterocycles. The smallest absolute Gasteiger partial charge is 0.306 e. The molecule has 0 aliphatic heterocycles. The van der Waals surface area contributed by atoms with Gasteiger partial charge in [-0.1, -0.05) is 181 Å². The molecule has 0 heterocycles. The summed E-state index contributed by atoms with van der Waals surface area (Å²) in [7, 11) is 0. The molecule has 0 saturated carbocycles. The molecular formula is C37H72O5. The molecule has 5 heteroatoms. The summed E-state index contributed by atoms with van der Waals surface area (Å²) in [5.74, 6) is -0.578. The second-order valence-electron chi connectivity index (χ2n) is 12.7. The average Bonchev–Trinajstić information content (AvgIpc) is 2.99. The van der Waals surface area contributed by atoms with Gasteiger partial charge >= 0.3 is 11.9 Å². The van der Waals surface area contributed by atoms with Crippen LogP contribution in [0.5, 0.6) is 0 Å². The van der Waals surface area contributed by atoms with E-state index in [1.54, 1.807) is 0 Å². The van der Waals surface area contributed by atoms with Crippen molar-refractivity contribution in [2.75, 3.05) is 13.2 Å². The molecule has 0 bridgehead atoms. The van der Waals surface area contributed by atoms with Gasteiger partial charge < -0.3 is 14.6 Å². The first kappa shape index (κ1) is 40.9. The van der Waals surface area contributed by atoms with Crippen LogP contribution in [-0.2, 0) is 19.1 Å². The zero-order chi connectivity index (χ0) is 30.8. The van der Waals surface area contributed by atoms with Crippen molar-refractivity contribution in [2.45, 2.75) is 213 Å². The summed E-state index contributed by atoms with van der Waals surface area (Å²) in [5.41, 5.74) is 0. The minimum Gasteiger partial charge on any atom is -0.462 e. The molecule has 1 atom stereocenters. The fourth-order valence-electron chi connectivity index (χ4n) is 5.55. The minimum atomic E-state index is -0.760. The van der Waals surface area contributed by atoms with Gasteiger partial charge in [0.15, 0.2) is 6.10 Å². The van der Waals surface area contributed by atoms with Crippen molar-refractivity contribution in [3.63, 3.8) is 0 Å². The Bertz CT molecular complexity index is 564. The predicted octanol–water partition coefficient (Wildman–Crippen LogP) is 11.2. The highest BCUT2D eigenvalue weighted by Crippen LogP contribution is 2.15. The second kappa shape index (κ2) is 34.4. The Morgan fingerprint density at radius 2 is 0.738 bits per heavy atom. The van der Waals surface area contributed by atoms with Gasteiger partial charge in [0, 0.05) is 12.8 Å². The largest absolute Gasteiger partial charge is 0.462 e. The Morgan fingerprint density at radius 1 is 0.452 bits per heavy atom. The summed E-state index contributed by atoms with van der Waals surface area (Å²) < 4.78 is 10.6. The van der Waals surface area contributed by atoms with Crippen LogP contribution in [0, 0.1) is 0 Å². The van der Waals surface area contributed by atoms with E-state index in [2.05, 4.69) is 13.8 Å². The van der Waals surface area contributed by atoms with Crippen molar-refractivity contribution < 1.29 is 24.2 Å². The zero-order valence-corrected chi connectivity index (χ0v) is 28.3. The van der Waals surface area contributed by atoms with Gasteiger partial charge in [0.25, 0.3) is 0 Å². The van der Waals surface area contributed by atoms with Crippen molar-refractivity contribution >= 4 is 11.9 Å². The van der Waals surface area contributed by atoms with E-state index in [4.69, 9.17) is 9.47 Å². The first-order valence-electron chi connectivity index (χ1n) is 18.6. The van der Waals surface area contributed by atoms with Gasteiger partial charge in [0.2, 0.25) is 0 Å². The van der Waals surface area contributed by atoms with Crippen LogP contribution in [0.4, 0.5) is 0 Å². The minimum absolute atomic E-state index is 0.0573. The number of unbranched alkanes of at least 4 members (excludes halogenated alkanes) is 26. The quantitative estimate of drug-likeness (QED) is 0.0591. The number of ether oxygens (including phenoxy) is 2. The van der Waals surface area contributed by atoms with E-state index >= 15 is 0 Å². The van der Waals surface area contributed by atoms with Crippen LogP contribution in [0.25, 0.3) is 0 Å². The molecule has 0 fully saturated rings. The van der Waals surface area contributed by atoms with E-state index < -0.39 is 6.10 Å². The van der Waals surface area contributed by atoms with E-state index in [1.807, 2.05) is 0 Å². The van der Waals surface area contributed by atoms with E-state index in [9.17, 15) is 14.7 Å². The highest BCUT2D eigenvalue weighted by atomic mass is 16.6. The maximum Gasteiger partial charge on any atom is 0.306 e. The summed E-state index contributed by atoms with van der Waals surface area (Å²) in [6.07, 6.45) is 35.8. The lowest BCUT2D eigenvalue weighted by Crippen LogP contribution is -2.28. The molecule has 42 heavy (non-hydrogen) atoms.